The molecule has 3 N–H and O–H groups in total. The van der Waals surface area contributed by atoms with Gasteiger partial charge in [-0.3, -0.25) is 5.41 Å². The summed E-state index contributed by atoms with van der Waals surface area (Å²) in [5, 5.41) is 9.69. The standard InChI is InChI=1S/C20H20BrN3O/c1-24(2)12-17-8-7-16(25-17)6-3-13-9-14-4-5-15(20(22)23)11-18(14)19(21)10-13/h3-11H,12H2,1-2H3,(H3,22,23)/b6-3+. The number of hydrogen-bond donors (Lipinski definition) is 2. The van der Waals surface area contributed by atoms with Crippen LogP contribution < -0.4 is 5.73 Å². The van der Waals surface area contributed by atoms with Gasteiger partial charge in [0.1, 0.15) is 17.4 Å². The Morgan fingerprint density at radius 1 is 1.16 bits per heavy atom. The number of rotatable bonds is 5. The number of nitrogen functional groups attached to an aromatic ring is 1. The highest BCUT2D eigenvalue weighted by Gasteiger charge is 2.05. The Bertz CT molecular complexity index is 957. The van der Waals surface area contributed by atoms with Crippen LogP contribution >= 0.6 is 15.9 Å². The first-order valence-corrected chi connectivity index (χ1v) is 8.71. The Morgan fingerprint density at radius 2 is 1.96 bits per heavy atom. The van der Waals surface area contributed by atoms with Gasteiger partial charge in [-0.05, 0) is 66.8 Å². The van der Waals surface area contributed by atoms with Crippen molar-refractivity contribution < 1.29 is 4.42 Å². The van der Waals surface area contributed by atoms with Gasteiger partial charge in [-0.2, -0.15) is 0 Å². The topological polar surface area (TPSA) is 66.2 Å². The van der Waals surface area contributed by atoms with Crippen molar-refractivity contribution in [3.63, 3.8) is 0 Å². The molecule has 0 amide bonds. The second-order valence-corrected chi connectivity index (χ2v) is 7.08. The van der Waals surface area contributed by atoms with Crippen LogP contribution in [0, 0.1) is 5.41 Å². The molecule has 0 aliphatic heterocycles. The van der Waals surface area contributed by atoms with E-state index in [9.17, 15) is 0 Å². The van der Waals surface area contributed by atoms with Gasteiger partial charge in [0.2, 0.25) is 0 Å². The highest BCUT2D eigenvalue weighted by molar-refractivity contribution is 9.10. The highest BCUT2D eigenvalue weighted by Crippen LogP contribution is 2.28. The zero-order chi connectivity index (χ0) is 18.0. The van der Waals surface area contributed by atoms with Crippen LogP contribution in [0.4, 0.5) is 0 Å². The molecule has 0 aliphatic carbocycles. The van der Waals surface area contributed by atoms with Crippen molar-refractivity contribution in [2.75, 3.05) is 14.1 Å². The van der Waals surface area contributed by atoms with E-state index in [1.54, 1.807) is 0 Å². The molecule has 0 fully saturated rings. The third kappa shape index (κ3) is 4.18. The molecule has 0 bridgehead atoms. The van der Waals surface area contributed by atoms with Crippen molar-refractivity contribution in [2.45, 2.75) is 6.54 Å². The van der Waals surface area contributed by atoms with Crippen LogP contribution in [0.5, 0.6) is 0 Å². The fourth-order valence-electron chi connectivity index (χ4n) is 2.66. The summed E-state index contributed by atoms with van der Waals surface area (Å²) in [6.45, 7) is 0.786. The van der Waals surface area contributed by atoms with E-state index in [-0.39, 0.29) is 5.84 Å². The Kier molecular flexibility index (Phi) is 5.06. The number of halogens is 1. The van der Waals surface area contributed by atoms with Gasteiger partial charge < -0.3 is 15.1 Å². The fourth-order valence-corrected chi connectivity index (χ4v) is 3.26. The molecule has 0 saturated heterocycles. The largest absolute Gasteiger partial charge is 0.460 e. The first-order valence-electron chi connectivity index (χ1n) is 7.91. The number of amidine groups is 1. The SMILES string of the molecule is CN(C)Cc1ccc(/C=C/c2cc(Br)c3cc(C(=N)N)ccc3c2)o1. The normalized spacial score (nSPS) is 11.7. The van der Waals surface area contributed by atoms with E-state index < -0.39 is 0 Å². The number of nitrogens with two attached hydrogens (primary N) is 1. The third-order valence-electron chi connectivity index (χ3n) is 3.83. The summed E-state index contributed by atoms with van der Waals surface area (Å²) in [4.78, 5) is 2.07. The lowest BCUT2D eigenvalue weighted by Gasteiger charge is -2.06. The van der Waals surface area contributed by atoms with Crippen molar-refractivity contribution in [3.8, 4) is 0 Å². The van der Waals surface area contributed by atoms with Crippen LogP contribution in [0.3, 0.4) is 0 Å². The van der Waals surface area contributed by atoms with Crippen molar-refractivity contribution in [3.05, 3.63) is 69.6 Å². The van der Waals surface area contributed by atoms with Crippen molar-refractivity contribution in [1.82, 2.24) is 4.90 Å². The number of hydrogen-bond acceptors (Lipinski definition) is 3. The minimum Gasteiger partial charge on any atom is -0.460 e. The van der Waals surface area contributed by atoms with Gasteiger partial charge >= 0.3 is 0 Å². The summed E-state index contributed by atoms with van der Waals surface area (Å²) in [6, 6.07) is 13.9. The number of fused-ring (bicyclic) bond motifs is 1. The predicted molar refractivity (Wildman–Crippen MR) is 108 cm³/mol. The average Bonchev–Trinajstić information content (AvgIpc) is 2.99. The van der Waals surface area contributed by atoms with Gasteiger partial charge in [-0.25, -0.2) is 0 Å². The van der Waals surface area contributed by atoms with E-state index >= 15 is 0 Å². The zero-order valence-electron chi connectivity index (χ0n) is 14.2. The summed E-state index contributed by atoms with van der Waals surface area (Å²) < 4.78 is 6.77. The molecule has 128 valence electrons. The van der Waals surface area contributed by atoms with Crippen molar-refractivity contribution in [2.24, 2.45) is 5.73 Å². The summed E-state index contributed by atoms with van der Waals surface area (Å²) in [6.07, 6.45) is 4.00. The smallest absolute Gasteiger partial charge is 0.127 e. The minimum atomic E-state index is 0.0733. The fraction of sp³-hybridized carbons (Fsp3) is 0.150. The molecular weight excluding hydrogens is 378 g/mol. The molecule has 0 saturated carbocycles. The van der Waals surface area contributed by atoms with Crippen LogP contribution in [0.2, 0.25) is 0 Å². The minimum absolute atomic E-state index is 0.0733. The van der Waals surface area contributed by atoms with Crippen LogP contribution in [-0.4, -0.2) is 24.8 Å². The van der Waals surface area contributed by atoms with E-state index in [2.05, 4.69) is 26.9 Å². The zero-order valence-corrected chi connectivity index (χ0v) is 15.8. The van der Waals surface area contributed by atoms with Gasteiger partial charge in [0.25, 0.3) is 0 Å². The lowest BCUT2D eigenvalue weighted by Crippen LogP contribution is -2.10. The van der Waals surface area contributed by atoms with E-state index in [1.807, 2.05) is 62.6 Å². The Labute approximate surface area is 155 Å². The van der Waals surface area contributed by atoms with E-state index in [1.165, 1.54) is 0 Å². The molecular formula is C20H20BrN3O. The molecule has 0 spiro atoms. The van der Waals surface area contributed by atoms with Gasteiger partial charge in [0.05, 0.1) is 6.54 Å². The first-order chi connectivity index (χ1) is 11.9. The third-order valence-corrected chi connectivity index (χ3v) is 4.49. The molecule has 0 atom stereocenters. The van der Waals surface area contributed by atoms with Crippen LogP contribution in [0.25, 0.3) is 22.9 Å². The molecule has 0 radical (unpaired) electrons. The molecule has 0 unspecified atom stereocenters. The highest BCUT2D eigenvalue weighted by atomic mass is 79.9. The number of nitrogens with one attached hydrogen (secondary N) is 1. The maximum atomic E-state index is 7.57. The lowest BCUT2D eigenvalue weighted by molar-refractivity contribution is 0.349. The van der Waals surface area contributed by atoms with Gasteiger partial charge in [-0.1, -0.05) is 34.1 Å². The molecule has 25 heavy (non-hydrogen) atoms. The van der Waals surface area contributed by atoms with Crippen LogP contribution in [0.1, 0.15) is 22.6 Å². The van der Waals surface area contributed by atoms with Crippen LogP contribution in [0.15, 0.2) is 51.4 Å². The van der Waals surface area contributed by atoms with E-state index in [0.29, 0.717) is 0 Å². The monoisotopic (exact) mass is 397 g/mol. The van der Waals surface area contributed by atoms with Crippen molar-refractivity contribution in [1.29, 1.82) is 5.41 Å². The summed E-state index contributed by atoms with van der Waals surface area (Å²) in [5.41, 5.74) is 7.36. The second-order valence-electron chi connectivity index (χ2n) is 6.23. The molecule has 3 aromatic rings. The van der Waals surface area contributed by atoms with E-state index in [4.69, 9.17) is 15.6 Å². The summed E-state index contributed by atoms with van der Waals surface area (Å²) >= 11 is 3.61. The molecule has 4 nitrogen and oxygen atoms in total. The molecule has 1 heterocycles. The van der Waals surface area contributed by atoms with Gasteiger partial charge in [-0.15, -0.1) is 0 Å². The predicted octanol–water partition coefficient (Wildman–Crippen LogP) is 4.71. The van der Waals surface area contributed by atoms with Crippen LogP contribution in [-0.2, 0) is 6.54 Å². The average molecular weight is 398 g/mol. The van der Waals surface area contributed by atoms with E-state index in [0.717, 1.165) is 44.4 Å². The molecule has 1 aromatic heterocycles. The molecule has 0 aliphatic rings. The Hall–Kier alpha value is -2.37. The summed E-state index contributed by atoms with van der Waals surface area (Å²) in [5.74, 6) is 1.85. The van der Waals surface area contributed by atoms with Gasteiger partial charge in [0, 0.05) is 10.0 Å². The number of nitrogens with zero attached hydrogens (tertiary/aromatic N) is 1. The Balaban J connectivity index is 1.87. The maximum absolute atomic E-state index is 7.57. The summed E-state index contributed by atoms with van der Waals surface area (Å²) in [7, 11) is 4.03. The molecule has 5 heteroatoms. The van der Waals surface area contributed by atoms with Gasteiger partial charge in [0.15, 0.2) is 0 Å². The molecule has 2 aromatic carbocycles. The van der Waals surface area contributed by atoms with Crippen molar-refractivity contribution >= 4 is 44.7 Å². The quantitative estimate of drug-likeness (QED) is 0.483. The lowest BCUT2D eigenvalue weighted by atomic mass is 10.0. The number of furan rings is 1. The first kappa shape index (κ1) is 17.5. The Morgan fingerprint density at radius 3 is 2.68 bits per heavy atom. The maximum Gasteiger partial charge on any atom is 0.127 e. The second kappa shape index (κ2) is 7.25. The number of benzene rings is 2. The molecule has 3 rings (SSSR count).